The van der Waals surface area contributed by atoms with Gasteiger partial charge in [0, 0.05) is 6.61 Å². The summed E-state index contributed by atoms with van der Waals surface area (Å²) >= 11 is 0. The summed E-state index contributed by atoms with van der Waals surface area (Å²) in [6.45, 7) is 9.28. The van der Waals surface area contributed by atoms with Crippen LogP contribution in [0.4, 0.5) is 0 Å². The third-order valence-corrected chi connectivity index (χ3v) is 5.33. The molecule has 0 saturated carbocycles. The minimum absolute atomic E-state index is 0.00398. The van der Waals surface area contributed by atoms with Crippen molar-refractivity contribution in [3.63, 3.8) is 0 Å². The maximum atomic E-state index is 13.0. The molecule has 2 rings (SSSR count). The lowest BCUT2D eigenvalue weighted by Gasteiger charge is -2.51. The molecule has 2 aliphatic heterocycles. The zero-order valence-electron chi connectivity index (χ0n) is 13.6. The number of rotatable bonds is 5. The van der Waals surface area contributed by atoms with Crippen molar-refractivity contribution in [1.82, 2.24) is 10.2 Å². The third-order valence-electron chi connectivity index (χ3n) is 5.33. The number of piperazine rings is 1. The molecule has 5 nitrogen and oxygen atoms in total. The van der Waals surface area contributed by atoms with Crippen LogP contribution in [0.5, 0.6) is 0 Å². The van der Waals surface area contributed by atoms with Crippen LogP contribution in [0.1, 0.15) is 53.4 Å². The third kappa shape index (κ3) is 2.56. The van der Waals surface area contributed by atoms with Gasteiger partial charge in [-0.15, -0.1) is 0 Å². The van der Waals surface area contributed by atoms with E-state index in [9.17, 15) is 9.59 Å². The fourth-order valence-electron chi connectivity index (χ4n) is 3.60. The highest BCUT2D eigenvalue weighted by Gasteiger charge is 2.53. The molecular weight excluding hydrogens is 268 g/mol. The fourth-order valence-corrected chi connectivity index (χ4v) is 3.60. The average molecular weight is 296 g/mol. The van der Waals surface area contributed by atoms with Gasteiger partial charge in [-0.3, -0.25) is 9.59 Å². The Balaban J connectivity index is 2.38. The number of hydrogen-bond acceptors (Lipinski definition) is 3. The lowest BCUT2D eigenvalue weighted by Crippen LogP contribution is -2.73. The predicted octanol–water partition coefficient (Wildman–Crippen LogP) is 1.71. The van der Waals surface area contributed by atoms with E-state index < -0.39 is 11.6 Å². The van der Waals surface area contributed by atoms with Gasteiger partial charge in [0.05, 0.1) is 12.6 Å². The normalized spacial score (nSPS) is 30.4. The van der Waals surface area contributed by atoms with Crippen molar-refractivity contribution < 1.29 is 14.3 Å². The van der Waals surface area contributed by atoms with Gasteiger partial charge in [0.15, 0.2) is 0 Å². The van der Waals surface area contributed by atoms with Crippen LogP contribution in [0.15, 0.2) is 0 Å². The zero-order valence-corrected chi connectivity index (χ0v) is 13.6. The van der Waals surface area contributed by atoms with Crippen LogP contribution >= 0.6 is 0 Å². The lowest BCUT2D eigenvalue weighted by atomic mass is 9.82. The predicted molar refractivity (Wildman–Crippen MR) is 80.8 cm³/mol. The van der Waals surface area contributed by atoms with E-state index in [1.54, 1.807) is 0 Å². The van der Waals surface area contributed by atoms with E-state index in [1.165, 1.54) is 0 Å². The van der Waals surface area contributed by atoms with Crippen LogP contribution in [-0.4, -0.2) is 47.6 Å². The monoisotopic (exact) mass is 296 g/mol. The summed E-state index contributed by atoms with van der Waals surface area (Å²) in [6, 6.07) is -0.357. The molecule has 0 bridgehead atoms. The number of nitrogens with one attached hydrogen (secondary N) is 1. The van der Waals surface area contributed by atoms with E-state index in [-0.39, 0.29) is 23.8 Å². The Kier molecular flexibility index (Phi) is 4.91. The number of amides is 2. The summed E-state index contributed by atoms with van der Waals surface area (Å²) < 4.78 is 5.47. The van der Waals surface area contributed by atoms with Crippen LogP contribution in [0.2, 0.25) is 0 Å². The van der Waals surface area contributed by atoms with Crippen molar-refractivity contribution >= 4 is 11.8 Å². The smallest absolute Gasteiger partial charge is 0.246 e. The van der Waals surface area contributed by atoms with Crippen LogP contribution in [-0.2, 0) is 14.3 Å². The maximum Gasteiger partial charge on any atom is 0.246 e. The summed E-state index contributed by atoms with van der Waals surface area (Å²) in [4.78, 5) is 27.7. The largest absolute Gasteiger partial charge is 0.379 e. The number of nitrogens with zero attached hydrogens (tertiary/aromatic N) is 1. The van der Waals surface area contributed by atoms with Gasteiger partial charge in [-0.25, -0.2) is 0 Å². The van der Waals surface area contributed by atoms with E-state index >= 15 is 0 Å². The summed E-state index contributed by atoms with van der Waals surface area (Å²) in [5, 5.41) is 2.99. The van der Waals surface area contributed by atoms with Gasteiger partial charge in [-0.05, 0) is 25.2 Å². The first-order chi connectivity index (χ1) is 10.0. The van der Waals surface area contributed by atoms with Crippen LogP contribution in [0, 0.1) is 5.92 Å². The van der Waals surface area contributed by atoms with Gasteiger partial charge in [-0.2, -0.15) is 0 Å². The zero-order chi connectivity index (χ0) is 15.6. The van der Waals surface area contributed by atoms with Crippen molar-refractivity contribution in [3.05, 3.63) is 0 Å². The Hall–Kier alpha value is -1.10. The van der Waals surface area contributed by atoms with E-state index in [0.29, 0.717) is 26.1 Å². The molecule has 21 heavy (non-hydrogen) atoms. The Labute approximate surface area is 127 Å². The molecule has 0 aliphatic carbocycles. The minimum atomic E-state index is -0.709. The molecule has 2 heterocycles. The molecule has 0 radical (unpaired) electrons. The van der Waals surface area contributed by atoms with Crippen LogP contribution in [0.25, 0.3) is 0 Å². The Bertz CT molecular complexity index is 400. The highest BCUT2D eigenvalue weighted by atomic mass is 16.5. The van der Waals surface area contributed by atoms with Gasteiger partial charge >= 0.3 is 0 Å². The summed E-state index contributed by atoms with van der Waals surface area (Å²) in [6.07, 6.45) is 2.99. The molecule has 3 atom stereocenters. The average Bonchev–Trinajstić information content (AvgIpc) is 3.01. The first kappa shape index (κ1) is 16.3. The molecule has 120 valence electrons. The Morgan fingerprint density at radius 2 is 2.00 bits per heavy atom. The van der Waals surface area contributed by atoms with Gasteiger partial charge in [0.1, 0.15) is 11.6 Å². The highest BCUT2D eigenvalue weighted by Crippen LogP contribution is 2.34. The second-order valence-corrected chi connectivity index (χ2v) is 6.30. The molecule has 2 saturated heterocycles. The summed E-state index contributed by atoms with van der Waals surface area (Å²) in [7, 11) is 0. The van der Waals surface area contributed by atoms with Crippen molar-refractivity contribution in [2.75, 3.05) is 13.2 Å². The molecule has 0 spiro atoms. The van der Waals surface area contributed by atoms with Crippen LogP contribution < -0.4 is 5.32 Å². The SMILES string of the molecule is CCC(C)C1NC(=O)C(CC)(CC)N(C2CCOC2)C1=O. The first-order valence-electron chi connectivity index (χ1n) is 8.23. The molecule has 1 N–H and O–H groups in total. The van der Waals surface area contributed by atoms with Gasteiger partial charge < -0.3 is 15.0 Å². The van der Waals surface area contributed by atoms with Gasteiger partial charge in [0.25, 0.3) is 0 Å². The van der Waals surface area contributed by atoms with Crippen molar-refractivity contribution in [2.24, 2.45) is 5.92 Å². The molecule has 3 unspecified atom stereocenters. The number of ether oxygens (including phenoxy) is 1. The van der Waals surface area contributed by atoms with Gasteiger partial charge in [-0.1, -0.05) is 34.1 Å². The van der Waals surface area contributed by atoms with Crippen molar-refractivity contribution in [3.8, 4) is 0 Å². The second-order valence-electron chi connectivity index (χ2n) is 6.30. The first-order valence-corrected chi connectivity index (χ1v) is 8.23. The van der Waals surface area contributed by atoms with E-state index in [4.69, 9.17) is 4.74 Å². The number of hydrogen-bond donors (Lipinski definition) is 1. The van der Waals surface area contributed by atoms with E-state index in [1.807, 2.05) is 25.7 Å². The summed E-state index contributed by atoms with van der Waals surface area (Å²) in [5.41, 5.74) is -0.709. The standard InChI is InChI=1S/C16H28N2O3/c1-5-11(4)13-14(19)18(12-8-9-21-10-12)16(6-2,7-3)15(20)17-13/h11-13H,5-10H2,1-4H3,(H,17,20). The second kappa shape index (κ2) is 6.34. The molecule has 0 aromatic rings. The van der Waals surface area contributed by atoms with Crippen LogP contribution in [0.3, 0.4) is 0 Å². The molecule has 0 aromatic carbocycles. The molecule has 2 fully saturated rings. The maximum absolute atomic E-state index is 13.0. The van der Waals surface area contributed by atoms with E-state index in [0.717, 1.165) is 12.8 Å². The topological polar surface area (TPSA) is 58.6 Å². The summed E-state index contributed by atoms with van der Waals surface area (Å²) in [5.74, 6) is 0.227. The minimum Gasteiger partial charge on any atom is -0.379 e. The Morgan fingerprint density at radius 1 is 1.33 bits per heavy atom. The Morgan fingerprint density at radius 3 is 2.48 bits per heavy atom. The lowest BCUT2D eigenvalue weighted by molar-refractivity contribution is -0.163. The number of carbonyl (C=O) groups excluding carboxylic acids is 2. The molecular formula is C16H28N2O3. The molecule has 5 heteroatoms. The van der Waals surface area contributed by atoms with Gasteiger partial charge in [0.2, 0.25) is 11.8 Å². The van der Waals surface area contributed by atoms with E-state index in [2.05, 4.69) is 12.2 Å². The van der Waals surface area contributed by atoms with Crippen molar-refractivity contribution in [1.29, 1.82) is 0 Å². The quantitative estimate of drug-likeness (QED) is 0.840. The fraction of sp³-hybridized carbons (Fsp3) is 0.875. The molecule has 0 aromatic heterocycles. The molecule has 2 aliphatic rings. The molecule has 2 amide bonds. The van der Waals surface area contributed by atoms with Crippen molar-refractivity contribution in [2.45, 2.75) is 71.0 Å². The highest BCUT2D eigenvalue weighted by molar-refractivity contribution is 6.00. The number of carbonyl (C=O) groups is 2.